The Hall–Kier alpha value is -0.0800. The predicted molar refractivity (Wildman–Crippen MR) is 60.4 cm³/mol. The Bertz CT molecular complexity index is 183. The van der Waals surface area contributed by atoms with Crippen molar-refractivity contribution in [3.05, 3.63) is 0 Å². The van der Waals surface area contributed by atoms with Crippen LogP contribution in [0.2, 0.25) is 0 Å². The number of nitrogens with zero attached hydrogens (tertiary/aromatic N) is 1. The molecule has 0 aromatic carbocycles. The second-order valence-corrected chi connectivity index (χ2v) is 5.30. The topological polar surface area (TPSA) is 15.3 Å². The average Bonchev–Trinajstić information content (AvgIpc) is 2.73. The van der Waals surface area contributed by atoms with Crippen LogP contribution < -0.4 is 5.32 Å². The van der Waals surface area contributed by atoms with E-state index in [4.69, 9.17) is 0 Å². The van der Waals surface area contributed by atoms with Crippen LogP contribution in [0.3, 0.4) is 0 Å². The van der Waals surface area contributed by atoms with Gasteiger partial charge in [-0.2, -0.15) is 0 Å². The lowest BCUT2D eigenvalue weighted by Crippen LogP contribution is -2.44. The predicted octanol–water partition coefficient (Wildman–Crippen LogP) is 1.71. The molecule has 2 fully saturated rings. The molecule has 0 aromatic rings. The molecule has 4 atom stereocenters. The Labute approximate surface area is 88.1 Å². The molecule has 2 heteroatoms. The average molecular weight is 196 g/mol. The van der Waals surface area contributed by atoms with E-state index in [0.29, 0.717) is 0 Å². The van der Waals surface area contributed by atoms with Gasteiger partial charge in [-0.15, -0.1) is 0 Å². The van der Waals surface area contributed by atoms with E-state index in [9.17, 15) is 0 Å². The molecular formula is C12H24N2. The minimum absolute atomic E-state index is 0.757. The van der Waals surface area contributed by atoms with Gasteiger partial charge in [-0.1, -0.05) is 20.3 Å². The summed E-state index contributed by atoms with van der Waals surface area (Å²) in [5.41, 5.74) is 0. The molecule has 0 radical (unpaired) electrons. The summed E-state index contributed by atoms with van der Waals surface area (Å²) in [4.78, 5) is 2.73. The fraction of sp³-hybridized carbons (Fsp3) is 1.00. The molecular weight excluding hydrogens is 172 g/mol. The maximum Gasteiger partial charge on any atom is 0.0249 e. The van der Waals surface area contributed by atoms with E-state index in [1.165, 1.54) is 32.4 Å². The Morgan fingerprint density at radius 2 is 1.71 bits per heavy atom. The van der Waals surface area contributed by atoms with Gasteiger partial charge in [-0.25, -0.2) is 0 Å². The lowest BCUT2D eigenvalue weighted by molar-refractivity contribution is 0.207. The molecule has 14 heavy (non-hydrogen) atoms. The second-order valence-electron chi connectivity index (χ2n) is 5.30. The molecule has 1 N–H and O–H groups in total. The Balaban J connectivity index is 1.95. The van der Waals surface area contributed by atoms with Gasteiger partial charge in [0, 0.05) is 25.2 Å². The summed E-state index contributed by atoms with van der Waals surface area (Å²) < 4.78 is 0. The van der Waals surface area contributed by atoms with E-state index in [-0.39, 0.29) is 0 Å². The van der Waals surface area contributed by atoms with E-state index >= 15 is 0 Å². The zero-order valence-electron chi connectivity index (χ0n) is 9.79. The zero-order chi connectivity index (χ0) is 10.1. The smallest absolute Gasteiger partial charge is 0.0249 e. The minimum atomic E-state index is 0.757. The summed E-state index contributed by atoms with van der Waals surface area (Å²) in [7, 11) is 2.12. The molecule has 1 aliphatic carbocycles. The Kier molecular flexibility index (Phi) is 3.13. The SMILES string of the molecule is CNC1CCCC1N1CC(C)C(C)C1. The summed E-state index contributed by atoms with van der Waals surface area (Å²) in [6.45, 7) is 7.44. The molecule has 0 bridgehead atoms. The number of hydrogen-bond donors (Lipinski definition) is 1. The number of rotatable bonds is 2. The third-order valence-corrected chi connectivity index (χ3v) is 4.34. The summed E-state index contributed by atoms with van der Waals surface area (Å²) >= 11 is 0. The van der Waals surface area contributed by atoms with Crippen molar-refractivity contribution in [2.75, 3.05) is 20.1 Å². The highest BCUT2D eigenvalue weighted by Crippen LogP contribution is 2.31. The second kappa shape index (κ2) is 4.19. The normalized spacial score (nSPS) is 44.8. The molecule has 1 saturated heterocycles. The van der Waals surface area contributed by atoms with Crippen molar-refractivity contribution in [2.24, 2.45) is 11.8 Å². The van der Waals surface area contributed by atoms with Crippen molar-refractivity contribution >= 4 is 0 Å². The molecule has 2 aliphatic rings. The van der Waals surface area contributed by atoms with Gasteiger partial charge >= 0.3 is 0 Å². The first-order valence-electron chi connectivity index (χ1n) is 6.13. The Morgan fingerprint density at radius 3 is 2.29 bits per heavy atom. The highest BCUT2D eigenvalue weighted by molar-refractivity contribution is 4.93. The van der Waals surface area contributed by atoms with Gasteiger partial charge < -0.3 is 5.32 Å². The van der Waals surface area contributed by atoms with Crippen molar-refractivity contribution in [3.63, 3.8) is 0 Å². The van der Waals surface area contributed by atoms with Gasteiger partial charge in [0.25, 0.3) is 0 Å². The van der Waals surface area contributed by atoms with E-state index in [1.54, 1.807) is 0 Å². The van der Waals surface area contributed by atoms with Crippen molar-refractivity contribution in [1.29, 1.82) is 0 Å². The first-order valence-corrected chi connectivity index (χ1v) is 6.13. The van der Waals surface area contributed by atoms with Crippen molar-refractivity contribution in [3.8, 4) is 0 Å². The maximum atomic E-state index is 3.48. The third-order valence-electron chi connectivity index (χ3n) is 4.34. The Morgan fingerprint density at radius 1 is 1.07 bits per heavy atom. The van der Waals surface area contributed by atoms with Gasteiger partial charge in [0.05, 0.1) is 0 Å². The number of nitrogens with one attached hydrogen (secondary N) is 1. The van der Waals surface area contributed by atoms with Crippen molar-refractivity contribution < 1.29 is 0 Å². The van der Waals surface area contributed by atoms with E-state index in [0.717, 1.165) is 23.9 Å². The molecule has 1 heterocycles. The molecule has 82 valence electrons. The summed E-state index contributed by atoms with van der Waals surface area (Å²) in [6.07, 6.45) is 4.20. The van der Waals surface area contributed by atoms with E-state index in [2.05, 4.69) is 31.1 Å². The number of likely N-dealkylation sites (tertiary alicyclic amines) is 1. The largest absolute Gasteiger partial charge is 0.315 e. The molecule has 0 aromatic heterocycles. The minimum Gasteiger partial charge on any atom is -0.315 e. The number of hydrogen-bond acceptors (Lipinski definition) is 2. The van der Waals surface area contributed by atoms with Crippen LogP contribution in [0.5, 0.6) is 0 Å². The van der Waals surface area contributed by atoms with Crippen molar-refractivity contribution in [1.82, 2.24) is 10.2 Å². The molecule has 2 nitrogen and oxygen atoms in total. The van der Waals surface area contributed by atoms with E-state index in [1.807, 2.05) is 0 Å². The monoisotopic (exact) mass is 196 g/mol. The lowest BCUT2D eigenvalue weighted by atomic mass is 10.0. The van der Waals surface area contributed by atoms with E-state index < -0.39 is 0 Å². The van der Waals surface area contributed by atoms with Crippen LogP contribution in [-0.4, -0.2) is 37.1 Å². The molecule has 4 unspecified atom stereocenters. The fourth-order valence-electron chi connectivity index (χ4n) is 3.16. The number of likely N-dealkylation sites (N-methyl/N-ethyl adjacent to an activating group) is 1. The standard InChI is InChI=1S/C12H24N2/c1-9-7-14(8-10(9)2)12-6-4-5-11(12)13-3/h9-13H,4-8H2,1-3H3. The fourth-order valence-corrected chi connectivity index (χ4v) is 3.16. The molecule has 1 aliphatic heterocycles. The van der Waals surface area contributed by atoms with Crippen LogP contribution in [0, 0.1) is 11.8 Å². The maximum absolute atomic E-state index is 3.48. The van der Waals surface area contributed by atoms with Crippen LogP contribution >= 0.6 is 0 Å². The van der Waals surface area contributed by atoms with Gasteiger partial charge in [0.15, 0.2) is 0 Å². The molecule has 0 amide bonds. The van der Waals surface area contributed by atoms with Crippen LogP contribution in [0.25, 0.3) is 0 Å². The quantitative estimate of drug-likeness (QED) is 0.723. The van der Waals surface area contributed by atoms with Gasteiger partial charge in [-0.05, 0) is 31.7 Å². The molecule has 1 saturated carbocycles. The highest BCUT2D eigenvalue weighted by atomic mass is 15.2. The third kappa shape index (κ3) is 1.82. The highest BCUT2D eigenvalue weighted by Gasteiger charge is 2.36. The molecule has 0 spiro atoms. The molecule has 2 rings (SSSR count). The first kappa shape index (κ1) is 10.4. The van der Waals surface area contributed by atoms with Crippen LogP contribution in [0.15, 0.2) is 0 Å². The van der Waals surface area contributed by atoms with Gasteiger partial charge in [0.2, 0.25) is 0 Å². The zero-order valence-corrected chi connectivity index (χ0v) is 9.79. The van der Waals surface area contributed by atoms with Crippen LogP contribution in [0.1, 0.15) is 33.1 Å². The van der Waals surface area contributed by atoms with Crippen LogP contribution in [-0.2, 0) is 0 Å². The van der Waals surface area contributed by atoms with Gasteiger partial charge in [0.1, 0.15) is 0 Å². The lowest BCUT2D eigenvalue weighted by Gasteiger charge is -2.29. The van der Waals surface area contributed by atoms with Gasteiger partial charge in [-0.3, -0.25) is 4.90 Å². The summed E-state index contributed by atoms with van der Waals surface area (Å²) in [5, 5.41) is 3.48. The summed E-state index contributed by atoms with van der Waals surface area (Å²) in [6, 6.07) is 1.58. The first-order chi connectivity index (χ1) is 6.72. The summed E-state index contributed by atoms with van der Waals surface area (Å²) in [5.74, 6) is 1.79. The van der Waals surface area contributed by atoms with Crippen LogP contribution in [0.4, 0.5) is 0 Å². The van der Waals surface area contributed by atoms with Crippen molar-refractivity contribution in [2.45, 2.75) is 45.2 Å².